The van der Waals surface area contributed by atoms with Gasteiger partial charge in [-0.15, -0.1) is 24.0 Å². The average Bonchev–Trinajstić information content (AvgIpc) is 3.14. The fourth-order valence-corrected chi connectivity index (χ4v) is 3.15. The van der Waals surface area contributed by atoms with Gasteiger partial charge in [-0.05, 0) is 32.8 Å². The molecule has 0 aliphatic heterocycles. The molecule has 0 saturated heterocycles. The summed E-state index contributed by atoms with van der Waals surface area (Å²) >= 11 is 0. The van der Waals surface area contributed by atoms with Crippen molar-refractivity contribution in [1.29, 1.82) is 0 Å². The van der Waals surface area contributed by atoms with Gasteiger partial charge in [0.1, 0.15) is 5.75 Å². The highest BCUT2D eigenvalue weighted by Crippen LogP contribution is 2.26. The molecule has 156 valence electrons. The molecule has 28 heavy (non-hydrogen) atoms. The molecular weight excluding hydrogens is 467 g/mol. The predicted octanol–water partition coefficient (Wildman–Crippen LogP) is 4.94. The third kappa shape index (κ3) is 6.39. The van der Waals surface area contributed by atoms with E-state index < -0.39 is 0 Å². The highest BCUT2D eigenvalue weighted by Gasteiger charge is 2.15. The SMILES string of the molecule is CCC(CC)c1cc(CNC(=NC)NC(C)c2cc(C)ccc2OC)on1.I. The number of benzene rings is 1. The van der Waals surface area contributed by atoms with E-state index in [0.29, 0.717) is 18.4 Å². The minimum absolute atomic E-state index is 0. The first-order chi connectivity index (χ1) is 13.0. The Kier molecular flexibility index (Phi) is 10.3. The van der Waals surface area contributed by atoms with Gasteiger partial charge in [-0.3, -0.25) is 4.99 Å². The van der Waals surface area contributed by atoms with Crippen LogP contribution >= 0.6 is 24.0 Å². The van der Waals surface area contributed by atoms with Crippen LogP contribution in [0.4, 0.5) is 0 Å². The second-order valence-corrected chi connectivity index (χ2v) is 6.77. The first kappa shape index (κ1) is 24.3. The summed E-state index contributed by atoms with van der Waals surface area (Å²) in [6, 6.07) is 8.24. The largest absolute Gasteiger partial charge is 0.496 e. The summed E-state index contributed by atoms with van der Waals surface area (Å²) in [5.74, 6) is 2.82. The van der Waals surface area contributed by atoms with Crippen LogP contribution in [0.3, 0.4) is 0 Å². The Labute approximate surface area is 185 Å². The van der Waals surface area contributed by atoms with Gasteiger partial charge in [0, 0.05) is 24.6 Å². The van der Waals surface area contributed by atoms with Gasteiger partial charge < -0.3 is 19.9 Å². The third-order valence-corrected chi connectivity index (χ3v) is 4.84. The highest BCUT2D eigenvalue weighted by atomic mass is 127. The molecule has 0 bridgehead atoms. The number of aryl methyl sites for hydroxylation is 1. The molecule has 0 saturated carbocycles. The maximum absolute atomic E-state index is 5.49. The second-order valence-electron chi connectivity index (χ2n) is 6.77. The molecule has 2 N–H and O–H groups in total. The molecule has 0 radical (unpaired) electrons. The number of hydrogen-bond acceptors (Lipinski definition) is 4. The van der Waals surface area contributed by atoms with E-state index >= 15 is 0 Å². The van der Waals surface area contributed by atoms with Crippen molar-refractivity contribution in [3.63, 3.8) is 0 Å². The van der Waals surface area contributed by atoms with E-state index in [0.717, 1.165) is 35.6 Å². The Bertz CT molecular complexity index is 757. The maximum atomic E-state index is 5.49. The van der Waals surface area contributed by atoms with Crippen molar-refractivity contribution in [2.45, 2.75) is 59.0 Å². The Hall–Kier alpha value is -1.77. The molecular formula is C21H33IN4O2. The van der Waals surface area contributed by atoms with Crippen LogP contribution < -0.4 is 15.4 Å². The van der Waals surface area contributed by atoms with E-state index in [1.807, 2.05) is 18.2 Å². The van der Waals surface area contributed by atoms with E-state index in [9.17, 15) is 0 Å². The Morgan fingerprint density at radius 2 is 1.96 bits per heavy atom. The van der Waals surface area contributed by atoms with Crippen LogP contribution in [0.2, 0.25) is 0 Å². The van der Waals surface area contributed by atoms with Crippen molar-refractivity contribution >= 4 is 29.9 Å². The Morgan fingerprint density at radius 1 is 1.25 bits per heavy atom. The molecule has 1 unspecified atom stereocenters. The lowest BCUT2D eigenvalue weighted by Gasteiger charge is -2.20. The number of halogens is 1. The lowest BCUT2D eigenvalue weighted by Crippen LogP contribution is -2.38. The number of methoxy groups -OCH3 is 1. The van der Waals surface area contributed by atoms with Crippen molar-refractivity contribution < 1.29 is 9.26 Å². The summed E-state index contributed by atoms with van der Waals surface area (Å²) in [7, 11) is 3.45. The van der Waals surface area contributed by atoms with Gasteiger partial charge in [0.25, 0.3) is 0 Å². The molecule has 0 aliphatic rings. The number of nitrogens with one attached hydrogen (secondary N) is 2. The third-order valence-electron chi connectivity index (χ3n) is 4.84. The zero-order valence-corrected chi connectivity index (χ0v) is 20.0. The molecule has 1 aromatic carbocycles. The lowest BCUT2D eigenvalue weighted by molar-refractivity contribution is 0.367. The molecule has 0 spiro atoms. The predicted molar refractivity (Wildman–Crippen MR) is 125 cm³/mol. The first-order valence-electron chi connectivity index (χ1n) is 9.59. The lowest BCUT2D eigenvalue weighted by atomic mass is 9.99. The van der Waals surface area contributed by atoms with Crippen LogP contribution in [0.25, 0.3) is 0 Å². The first-order valence-corrected chi connectivity index (χ1v) is 9.59. The van der Waals surface area contributed by atoms with Crippen LogP contribution in [0.5, 0.6) is 5.75 Å². The monoisotopic (exact) mass is 500 g/mol. The minimum Gasteiger partial charge on any atom is -0.496 e. The smallest absolute Gasteiger partial charge is 0.191 e. The molecule has 6 nitrogen and oxygen atoms in total. The number of aromatic nitrogens is 1. The van der Waals surface area contributed by atoms with Crippen LogP contribution in [-0.4, -0.2) is 25.3 Å². The molecule has 0 amide bonds. The topological polar surface area (TPSA) is 71.7 Å². The van der Waals surface area contributed by atoms with Gasteiger partial charge in [-0.2, -0.15) is 0 Å². The van der Waals surface area contributed by atoms with Crippen molar-refractivity contribution in [3.8, 4) is 5.75 Å². The van der Waals surface area contributed by atoms with Gasteiger partial charge in [-0.1, -0.05) is 36.7 Å². The van der Waals surface area contributed by atoms with Gasteiger partial charge in [0.15, 0.2) is 11.7 Å². The fourth-order valence-electron chi connectivity index (χ4n) is 3.15. The van der Waals surface area contributed by atoms with Crippen LogP contribution in [0, 0.1) is 6.92 Å². The zero-order valence-electron chi connectivity index (χ0n) is 17.7. The standard InChI is InChI=1S/C21H32N4O2.HI/c1-7-16(8-2)19-12-17(27-25-19)13-23-21(22-5)24-15(4)18-11-14(3)9-10-20(18)26-6;/h9-12,15-16H,7-8,13H2,1-6H3,(H2,22,23,24);1H. The van der Waals surface area contributed by atoms with Gasteiger partial charge in [0.05, 0.1) is 25.4 Å². The Morgan fingerprint density at radius 3 is 2.57 bits per heavy atom. The zero-order chi connectivity index (χ0) is 19.8. The van der Waals surface area contributed by atoms with E-state index in [1.54, 1.807) is 14.2 Å². The molecule has 7 heteroatoms. The highest BCUT2D eigenvalue weighted by molar-refractivity contribution is 14.0. The van der Waals surface area contributed by atoms with Crippen molar-refractivity contribution in [2.75, 3.05) is 14.2 Å². The average molecular weight is 500 g/mol. The van der Waals surface area contributed by atoms with E-state index in [2.05, 4.69) is 54.5 Å². The summed E-state index contributed by atoms with van der Waals surface area (Å²) in [5.41, 5.74) is 3.31. The van der Waals surface area contributed by atoms with Gasteiger partial charge in [-0.25, -0.2) is 0 Å². The molecule has 1 heterocycles. The molecule has 0 fully saturated rings. The van der Waals surface area contributed by atoms with E-state index in [1.165, 1.54) is 5.56 Å². The quantitative estimate of drug-likeness (QED) is 0.305. The number of nitrogens with zero attached hydrogens (tertiary/aromatic N) is 2. The van der Waals surface area contributed by atoms with E-state index in [-0.39, 0.29) is 30.0 Å². The summed E-state index contributed by atoms with van der Waals surface area (Å²) in [4.78, 5) is 4.31. The van der Waals surface area contributed by atoms with Gasteiger partial charge in [0.2, 0.25) is 0 Å². The molecule has 1 atom stereocenters. The van der Waals surface area contributed by atoms with Crippen LogP contribution in [0.1, 0.15) is 68.2 Å². The minimum atomic E-state index is 0. The number of aliphatic imine (C=N–C) groups is 1. The van der Waals surface area contributed by atoms with E-state index in [4.69, 9.17) is 9.26 Å². The summed E-state index contributed by atoms with van der Waals surface area (Å²) in [5, 5.41) is 10.9. The normalized spacial score (nSPS) is 12.5. The van der Waals surface area contributed by atoms with Gasteiger partial charge >= 0.3 is 0 Å². The van der Waals surface area contributed by atoms with Crippen LogP contribution in [-0.2, 0) is 6.54 Å². The second kappa shape index (κ2) is 11.9. The van der Waals surface area contributed by atoms with Crippen molar-refractivity contribution in [2.24, 2.45) is 4.99 Å². The summed E-state index contributed by atoms with van der Waals surface area (Å²) in [6.45, 7) is 9.04. The fraction of sp³-hybridized carbons (Fsp3) is 0.524. The molecule has 2 aromatic rings. The summed E-state index contributed by atoms with van der Waals surface area (Å²) in [6.07, 6.45) is 2.13. The summed E-state index contributed by atoms with van der Waals surface area (Å²) < 4.78 is 11.0. The number of rotatable bonds is 8. The van der Waals surface area contributed by atoms with Crippen molar-refractivity contribution in [1.82, 2.24) is 15.8 Å². The Balaban J connectivity index is 0.00000392. The molecule has 1 aromatic heterocycles. The molecule has 2 rings (SSSR count). The maximum Gasteiger partial charge on any atom is 0.191 e. The number of ether oxygens (including phenoxy) is 1. The number of guanidine groups is 1. The molecule has 0 aliphatic carbocycles. The van der Waals surface area contributed by atoms with Crippen LogP contribution in [0.15, 0.2) is 33.8 Å². The number of hydrogen-bond donors (Lipinski definition) is 2. The van der Waals surface area contributed by atoms with Crippen molar-refractivity contribution in [3.05, 3.63) is 46.8 Å².